The molecule has 1 heterocycles. The zero-order valence-corrected chi connectivity index (χ0v) is 12.2. The molecule has 2 aromatic rings. The van der Waals surface area contributed by atoms with E-state index >= 15 is 0 Å². The minimum absolute atomic E-state index is 0.185. The molecule has 4 heteroatoms. The van der Waals surface area contributed by atoms with Gasteiger partial charge in [-0.25, -0.2) is 4.99 Å². The number of anilines is 1. The van der Waals surface area contributed by atoms with Crippen molar-refractivity contribution in [3.8, 4) is 0 Å². The maximum absolute atomic E-state index is 6.17. The summed E-state index contributed by atoms with van der Waals surface area (Å²) in [6, 6.07) is 15.1. The van der Waals surface area contributed by atoms with Crippen molar-refractivity contribution in [2.75, 3.05) is 5.32 Å². The Balaban J connectivity index is 1.62. The smallest absolute Gasteiger partial charge is 0.290 e. The highest BCUT2D eigenvalue weighted by molar-refractivity contribution is 6.31. The van der Waals surface area contributed by atoms with Gasteiger partial charge in [0.25, 0.3) is 6.02 Å². The number of rotatable bonds is 1. The lowest BCUT2D eigenvalue weighted by atomic mass is 10.1. The summed E-state index contributed by atoms with van der Waals surface area (Å²) in [7, 11) is 0. The molecule has 0 amide bonds. The SMILES string of the molecule is Clc1cccc2c1COC(=NC1CCc3ccccc31)N2. The number of hydrogen-bond donors (Lipinski definition) is 1. The predicted octanol–water partition coefficient (Wildman–Crippen LogP) is 4.33. The highest BCUT2D eigenvalue weighted by Crippen LogP contribution is 2.35. The molecule has 2 aromatic carbocycles. The van der Waals surface area contributed by atoms with Crippen molar-refractivity contribution in [2.45, 2.75) is 25.5 Å². The van der Waals surface area contributed by atoms with Crippen LogP contribution in [0.3, 0.4) is 0 Å². The minimum Gasteiger partial charge on any atom is -0.460 e. The fraction of sp³-hybridized carbons (Fsp3) is 0.235. The second-order valence-corrected chi connectivity index (χ2v) is 5.77. The predicted molar refractivity (Wildman–Crippen MR) is 84.8 cm³/mol. The number of aliphatic imine (C=N–C) groups is 1. The van der Waals surface area contributed by atoms with Gasteiger partial charge in [0, 0.05) is 10.6 Å². The van der Waals surface area contributed by atoms with Gasteiger partial charge in [0.1, 0.15) is 6.61 Å². The first-order valence-corrected chi connectivity index (χ1v) is 7.52. The number of hydrogen-bond acceptors (Lipinski definition) is 2. The molecular weight excluding hydrogens is 284 g/mol. The van der Waals surface area contributed by atoms with Crippen LogP contribution in [-0.4, -0.2) is 6.02 Å². The second-order valence-electron chi connectivity index (χ2n) is 5.37. The molecule has 1 atom stereocenters. The van der Waals surface area contributed by atoms with Gasteiger partial charge in [-0.1, -0.05) is 41.9 Å². The molecule has 2 aliphatic rings. The van der Waals surface area contributed by atoms with Gasteiger partial charge in [-0.2, -0.15) is 0 Å². The Morgan fingerprint density at radius 2 is 2.05 bits per heavy atom. The monoisotopic (exact) mass is 298 g/mol. The summed E-state index contributed by atoms with van der Waals surface area (Å²) in [5, 5.41) is 3.97. The first kappa shape index (κ1) is 12.7. The summed E-state index contributed by atoms with van der Waals surface area (Å²) in [4.78, 5) is 4.75. The molecular formula is C17H15ClN2O. The molecule has 106 valence electrons. The maximum atomic E-state index is 6.17. The Morgan fingerprint density at radius 1 is 1.14 bits per heavy atom. The van der Waals surface area contributed by atoms with Crippen LogP contribution in [0.25, 0.3) is 0 Å². The highest BCUT2D eigenvalue weighted by Gasteiger charge is 2.24. The van der Waals surface area contributed by atoms with Crippen molar-refractivity contribution in [3.63, 3.8) is 0 Å². The van der Waals surface area contributed by atoms with E-state index in [2.05, 4.69) is 29.6 Å². The Morgan fingerprint density at radius 3 is 3.00 bits per heavy atom. The number of nitrogens with one attached hydrogen (secondary N) is 1. The van der Waals surface area contributed by atoms with Crippen molar-refractivity contribution < 1.29 is 4.74 Å². The molecule has 0 saturated carbocycles. The molecule has 1 aliphatic heterocycles. The molecule has 1 aliphatic carbocycles. The van der Waals surface area contributed by atoms with Crippen LogP contribution in [0.1, 0.15) is 29.2 Å². The Bertz CT molecular complexity index is 726. The Labute approximate surface area is 128 Å². The van der Waals surface area contributed by atoms with E-state index in [4.69, 9.17) is 21.3 Å². The third-order valence-electron chi connectivity index (χ3n) is 4.09. The van der Waals surface area contributed by atoms with Crippen LogP contribution in [0.4, 0.5) is 5.69 Å². The third kappa shape index (κ3) is 2.28. The molecule has 3 nitrogen and oxygen atoms in total. The lowest BCUT2D eigenvalue weighted by Gasteiger charge is -2.22. The van der Waals surface area contributed by atoms with Gasteiger partial charge >= 0.3 is 0 Å². The largest absolute Gasteiger partial charge is 0.460 e. The van der Waals surface area contributed by atoms with E-state index in [1.54, 1.807) is 0 Å². The van der Waals surface area contributed by atoms with Gasteiger partial charge in [-0.3, -0.25) is 0 Å². The number of fused-ring (bicyclic) bond motifs is 2. The van der Waals surface area contributed by atoms with Gasteiger partial charge < -0.3 is 10.1 Å². The molecule has 0 radical (unpaired) electrons. The molecule has 0 bridgehead atoms. The van der Waals surface area contributed by atoms with Gasteiger partial charge in [-0.15, -0.1) is 0 Å². The Hall–Kier alpha value is -2.00. The molecule has 4 rings (SSSR count). The molecule has 0 fully saturated rings. The lowest BCUT2D eigenvalue weighted by molar-refractivity contribution is 0.282. The normalized spacial score (nSPS) is 21.4. The summed E-state index contributed by atoms with van der Waals surface area (Å²) in [6.45, 7) is 0.467. The van der Waals surface area contributed by atoms with Crippen LogP contribution in [0.5, 0.6) is 0 Å². The van der Waals surface area contributed by atoms with Crippen LogP contribution in [0.2, 0.25) is 5.02 Å². The molecule has 21 heavy (non-hydrogen) atoms. The third-order valence-corrected chi connectivity index (χ3v) is 4.44. The van der Waals surface area contributed by atoms with Crippen molar-refractivity contribution in [1.29, 1.82) is 0 Å². The molecule has 0 spiro atoms. The van der Waals surface area contributed by atoms with E-state index in [0.717, 1.165) is 29.1 Å². The van der Waals surface area contributed by atoms with E-state index in [1.807, 2.05) is 18.2 Å². The molecule has 1 N–H and O–H groups in total. The summed E-state index contributed by atoms with van der Waals surface area (Å²) >= 11 is 6.17. The lowest BCUT2D eigenvalue weighted by Crippen LogP contribution is -2.23. The molecule has 0 aromatic heterocycles. The van der Waals surface area contributed by atoms with Gasteiger partial charge in [0.15, 0.2) is 0 Å². The van der Waals surface area contributed by atoms with Crippen LogP contribution >= 0.6 is 11.6 Å². The van der Waals surface area contributed by atoms with E-state index in [1.165, 1.54) is 11.1 Å². The fourth-order valence-electron chi connectivity index (χ4n) is 2.99. The van der Waals surface area contributed by atoms with E-state index < -0.39 is 0 Å². The second kappa shape index (κ2) is 5.08. The van der Waals surface area contributed by atoms with Crippen molar-refractivity contribution in [1.82, 2.24) is 0 Å². The van der Waals surface area contributed by atoms with Crippen LogP contribution in [-0.2, 0) is 17.8 Å². The van der Waals surface area contributed by atoms with Crippen molar-refractivity contribution in [2.24, 2.45) is 4.99 Å². The van der Waals surface area contributed by atoms with Crippen molar-refractivity contribution in [3.05, 3.63) is 64.2 Å². The van der Waals surface area contributed by atoms with Crippen LogP contribution in [0, 0.1) is 0 Å². The summed E-state index contributed by atoms with van der Waals surface area (Å²) < 4.78 is 5.72. The minimum atomic E-state index is 0.185. The number of nitrogens with zero attached hydrogens (tertiary/aromatic N) is 1. The average molecular weight is 299 g/mol. The zero-order valence-electron chi connectivity index (χ0n) is 11.5. The van der Waals surface area contributed by atoms with Gasteiger partial charge in [0.05, 0.1) is 11.7 Å². The summed E-state index contributed by atoms with van der Waals surface area (Å²) in [5.41, 5.74) is 4.68. The average Bonchev–Trinajstić information content (AvgIpc) is 2.91. The van der Waals surface area contributed by atoms with Crippen molar-refractivity contribution >= 4 is 23.3 Å². The number of aryl methyl sites for hydroxylation is 1. The van der Waals surface area contributed by atoms with E-state index in [9.17, 15) is 0 Å². The number of benzene rings is 2. The van der Waals surface area contributed by atoms with Crippen LogP contribution < -0.4 is 5.32 Å². The highest BCUT2D eigenvalue weighted by atomic mass is 35.5. The quantitative estimate of drug-likeness (QED) is 0.850. The maximum Gasteiger partial charge on any atom is 0.290 e. The van der Waals surface area contributed by atoms with Gasteiger partial charge in [-0.05, 0) is 36.1 Å². The zero-order chi connectivity index (χ0) is 14.2. The molecule has 0 saturated heterocycles. The van der Waals surface area contributed by atoms with E-state index in [-0.39, 0.29) is 6.04 Å². The number of ether oxygens (including phenoxy) is 1. The molecule has 1 unspecified atom stereocenters. The topological polar surface area (TPSA) is 33.6 Å². The Kier molecular flexibility index (Phi) is 3.08. The van der Waals surface area contributed by atoms with Crippen LogP contribution in [0.15, 0.2) is 47.5 Å². The first-order chi connectivity index (χ1) is 10.3. The van der Waals surface area contributed by atoms with E-state index in [0.29, 0.717) is 12.6 Å². The standard InChI is InChI=1S/C17H15ClN2O/c18-14-6-3-7-15-13(14)10-21-17(19-15)20-16-9-8-11-4-1-2-5-12(11)16/h1-7,16H,8-10H2,(H,19,20). The summed E-state index contributed by atoms with van der Waals surface area (Å²) in [5.74, 6) is 0. The first-order valence-electron chi connectivity index (χ1n) is 7.14. The fourth-order valence-corrected chi connectivity index (χ4v) is 3.22. The number of halogens is 1. The number of amidine groups is 1. The van der Waals surface area contributed by atoms with Gasteiger partial charge in [0.2, 0.25) is 0 Å². The summed E-state index contributed by atoms with van der Waals surface area (Å²) in [6.07, 6.45) is 2.12.